The molecule has 0 saturated heterocycles. The second-order valence-electron chi connectivity index (χ2n) is 2.73. The third-order valence-electron chi connectivity index (χ3n) is 1.56. The summed E-state index contributed by atoms with van der Waals surface area (Å²) in [6, 6.07) is 9.94. The molecule has 0 heterocycles. The quantitative estimate of drug-likeness (QED) is 0.587. The van der Waals surface area contributed by atoms with Crippen LogP contribution in [0.2, 0.25) is 0 Å². The number of hydrogen-bond acceptors (Lipinski definition) is 1. The third kappa shape index (κ3) is 1.75. The van der Waals surface area contributed by atoms with Crippen LogP contribution in [0.4, 0.5) is 0 Å². The van der Waals surface area contributed by atoms with Gasteiger partial charge >= 0.3 is 0 Å². The summed E-state index contributed by atoms with van der Waals surface area (Å²) in [5.74, 6) is 0. The van der Waals surface area contributed by atoms with Gasteiger partial charge in [0.2, 0.25) is 0 Å². The second-order valence-corrected chi connectivity index (χ2v) is 6.04. The lowest BCUT2D eigenvalue weighted by molar-refractivity contribution is 1.44. The zero-order chi connectivity index (χ0) is 8.32. The van der Waals surface area contributed by atoms with Crippen LogP contribution >= 0.6 is 10.0 Å². The van der Waals surface area contributed by atoms with Crippen molar-refractivity contribution < 1.29 is 0 Å². The molecule has 0 fully saturated rings. The van der Waals surface area contributed by atoms with Crippen LogP contribution in [-0.2, 0) is 0 Å². The molecule has 0 N–H and O–H groups in total. The summed E-state index contributed by atoms with van der Waals surface area (Å²) in [5, 5.41) is 11.2. The first kappa shape index (κ1) is 8.16. The average molecular weight is 165 g/mol. The molecule has 0 aromatic heterocycles. The molecule has 0 bridgehead atoms. The summed E-state index contributed by atoms with van der Waals surface area (Å²) in [6.45, 7) is 0. The van der Waals surface area contributed by atoms with Crippen LogP contribution in [0.5, 0.6) is 0 Å². The van der Waals surface area contributed by atoms with Crippen LogP contribution in [-0.4, -0.2) is 12.5 Å². The molecular formula is C9H11NS. The molecule has 0 atom stereocenters. The third-order valence-corrected chi connectivity index (χ3v) is 3.47. The summed E-state index contributed by atoms with van der Waals surface area (Å²) in [6.07, 6.45) is 4.00. The smallest absolute Gasteiger partial charge is 0.117 e. The standard InChI is InChI=1S/C9H11NS/c1-11(2,8-10)9-6-4-3-5-7-9/h3-7H,1-2H3. The maximum atomic E-state index is 8.83. The monoisotopic (exact) mass is 165 g/mol. The normalized spacial score (nSPS) is 12.1. The maximum Gasteiger partial charge on any atom is 0.117 e. The topological polar surface area (TPSA) is 23.8 Å². The number of thiocyanates is 1. The van der Waals surface area contributed by atoms with E-state index in [0.29, 0.717) is 0 Å². The van der Waals surface area contributed by atoms with Crippen LogP contribution in [0.3, 0.4) is 0 Å². The van der Waals surface area contributed by atoms with E-state index in [1.54, 1.807) is 0 Å². The summed E-state index contributed by atoms with van der Waals surface area (Å²) in [7, 11) is -1.19. The summed E-state index contributed by atoms with van der Waals surface area (Å²) in [4.78, 5) is 1.16. The van der Waals surface area contributed by atoms with Gasteiger partial charge in [-0.2, -0.15) is 5.26 Å². The molecule has 11 heavy (non-hydrogen) atoms. The lowest BCUT2D eigenvalue weighted by atomic mass is 10.4. The van der Waals surface area contributed by atoms with Crippen molar-refractivity contribution in [2.75, 3.05) is 12.5 Å². The fourth-order valence-corrected chi connectivity index (χ4v) is 1.76. The Morgan fingerprint density at radius 1 is 1.18 bits per heavy atom. The first-order valence-electron chi connectivity index (χ1n) is 3.36. The Morgan fingerprint density at radius 2 is 1.73 bits per heavy atom. The van der Waals surface area contributed by atoms with Gasteiger partial charge in [-0.15, -0.1) is 10.0 Å². The van der Waals surface area contributed by atoms with E-state index in [1.165, 1.54) is 0 Å². The molecule has 0 unspecified atom stereocenters. The van der Waals surface area contributed by atoms with Crippen LogP contribution < -0.4 is 0 Å². The molecule has 58 valence electrons. The van der Waals surface area contributed by atoms with Gasteiger partial charge in [-0.05, 0) is 24.6 Å². The van der Waals surface area contributed by atoms with Gasteiger partial charge in [0.1, 0.15) is 5.40 Å². The molecule has 2 heteroatoms. The van der Waals surface area contributed by atoms with Gasteiger partial charge in [0.25, 0.3) is 0 Å². The number of rotatable bonds is 1. The molecule has 0 amide bonds. The Kier molecular flexibility index (Phi) is 2.21. The van der Waals surface area contributed by atoms with E-state index in [9.17, 15) is 0 Å². The summed E-state index contributed by atoms with van der Waals surface area (Å²) >= 11 is 0. The predicted molar refractivity (Wildman–Crippen MR) is 49.8 cm³/mol. The fraction of sp³-hybridized carbons (Fsp3) is 0.222. The van der Waals surface area contributed by atoms with Crippen LogP contribution in [0.1, 0.15) is 0 Å². The van der Waals surface area contributed by atoms with E-state index in [-0.39, 0.29) is 0 Å². The highest BCUT2D eigenvalue weighted by Gasteiger charge is 2.11. The van der Waals surface area contributed by atoms with Gasteiger partial charge < -0.3 is 0 Å². The first-order valence-corrected chi connectivity index (χ1v) is 5.81. The summed E-state index contributed by atoms with van der Waals surface area (Å²) in [5.41, 5.74) is 0. The highest BCUT2D eigenvalue weighted by atomic mass is 32.3. The molecule has 1 aromatic carbocycles. The van der Waals surface area contributed by atoms with Gasteiger partial charge in [0, 0.05) is 4.90 Å². The highest BCUT2D eigenvalue weighted by Crippen LogP contribution is 2.47. The Hall–Kier alpha value is -0.940. The molecule has 1 nitrogen and oxygen atoms in total. The SMILES string of the molecule is CS(C)(C#N)c1ccccc1. The van der Waals surface area contributed by atoms with Gasteiger partial charge in [-0.25, -0.2) is 0 Å². The maximum absolute atomic E-state index is 8.83. The van der Waals surface area contributed by atoms with Crippen molar-refractivity contribution in [3.05, 3.63) is 30.3 Å². The minimum absolute atomic E-state index is 1.16. The number of nitrogens with zero attached hydrogens (tertiary/aromatic N) is 1. The molecular weight excluding hydrogens is 154 g/mol. The van der Waals surface area contributed by atoms with Gasteiger partial charge in [-0.3, -0.25) is 0 Å². The highest BCUT2D eigenvalue weighted by molar-refractivity contribution is 8.36. The van der Waals surface area contributed by atoms with Crippen LogP contribution in [0, 0.1) is 10.7 Å². The van der Waals surface area contributed by atoms with Crippen molar-refractivity contribution >= 4 is 10.0 Å². The Balaban J connectivity index is 3.05. The zero-order valence-corrected chi connectivity index (χ0v) is 7.56. The summed E-state index contributed by atoms with van der Waals surface area (Å²) < 4.78 is 0. The minimum Gasteiger partial charge on any atom is -0.186 e. The lowest BCUT2D eigenvalue weighted by Gasteiger charge is -2.20. The molecule has 1 rings (SSSR count). The predicted octanol–water partition coefficient (Wildman–Crippen LogP) is 2.59. The van der Waals surface area contributed by atoms with Gasteiger partial charge in [-0.1, -0.05) is 18.2 Å². The van der Waals surface area contributed by atoms with E-state index in [1.807, 2.05) is 42.8 Å². The molecule has 0 spiro atoms. The van der Waals surface area contributed by atoms with Crippen molar-refractivity contribution in [2.24, 2.45) is 0 Å². The second kappa shape index (κ2) is 2.98. The molecule has 0 radical (unpaired) electrons. The largest absolute Gasteiger partial charge is 0.186 e. The Labute approximate surface area is 69.0 Å². The first-order chi connectivity index (χ1) is 5.17. The molecule has 0 aliphatic heterocycles. The molecule has 1 aromatic rings. The molecule has 0 aliphatic rings. The molecule has 0 saturated carbocycles. The van der Waals surface area contributed by atoms with Crippen molar-refractivity contribution in [3.8, 4) is 5.40 Å². The average Bonchev–Trinajstić information content (AvgIpc) is 2.06. The minimum atomic E-state index is -1.19. The van der Waals surface area contributed by atoms with Crippen LogP contribution in [0.15, 0.2) is 35.2 Å². The van der Waals surface area contributed by atoms with Crippen molar-refractivity contribution in [3.63, 3.8) is 0 Å². The molecule has 0 aliphatic carbocycles. The van der Waals surface area contributed by atoms with E-state index in [4.69, 9.17) is 5.26 Å². The van der Waals surface area contributed by atoms with E-state index >= 15 is 0 Å². The Bertz CT molecular complexity index is 271. The number of benzene rings is 1. The zero-order valence-electron chi connectivity index (χ0n) is 6.74. The van der Waals surface area contributed by atoms with E-state index in [2.05, 4.69) is 5.40 Å². The van der Waals surface area contributed by atoms with Crippen molar-refractivity contribution in [1.82, 2.24) is 0 Å². The lowest BCUT2D eigenvalue weighted by Crippen LogP contribution is -1.90. The number of hydrogen-bond donors (Lipinski definition) is 0. The van der Waals surface area contributed by atoms with Crippen molar-refractivity contribution in [1.29, 1.82) is 5.26 Å². The van der Waals surface area contributed by atoms with Gasteiger partial charge in [0.15, 0.2) is 0 Å². The van der Waals surface area contributed by atoms with Gasteiger partial charge in [0.05, 0.1) is 0 Å². The number of nitriles is 1. The Morgan fingerprint density at radius 3 is 2.18 bits per heavy atom. The van der Waals surface area contributed by atoms with Crippen LogP contribution in [0.25, 0.3) is 0 Å². The van der Waals surface area contributed by atoms with Crippen molar-refractivity contribution in [2.45, 2.75) is 4.90 Å². The van der Waals surface area contributed by atoms with E-state index < -0.39 is 10.0 Å². The van der Waals surface area contributed by atoms with E-state index in [0.717, 1.165) is 4.90 Å². The fourth-order valence-electron chi connectivity index (χ4n) is 0.813.